The summed E-state index contributed by atoms with van der Waals surface area (Å²) in [6.07, 6.45) is 0. The van der Waals surface area contributed by atoms with Crippen molar-refractivity contribution in [3.05, 3.63) is 5.21 Å². The van der Waals surface area contributed by atoms with Crippen LogP contribution in [0.3, 0.4) is 0 Å². The first kappa shape index (κ1) is 12.1. The highest BCUT2D eigenvalue weighted by molar-refractivity contribution is 6.44. The van der Waals surface area contributed by atoms with Gasteiger partial charge in [0, 0.05) is 13.8 Å². The van der Waals surface area contributed by atoms with Gasteiger partial charge in [-0.15, -0.1) is 0 Å². The summed E-state index contributed by atoms with van der Waals surface area (Å²) in [5, 5.41) is 16.0. The number of nitrogens with zero attached hydrogens (tertiary/aromatic N) is 2. The van der Waals surface area contributed by atoms with E-state index in [4.69, 9.17) is 4.84 Å². The number of rotatable bonds is 2. The van der Waals surface area contributed by atoms with E-state index in [1.54, 1.807) is 6.92 Å². The van der Waals surface area contributed by atoms with Crippen molar-refractivity contribution in [3.8, 4) is 0 Å². The normalized spacial score (nSPS) is 28.9. The molecular formula is C10H19N3O2. The molecule has 1 atom stereocenters. The molecule has 0 radical (unpaired) electrons. The van der Waals surface area contributed by atoms with Crippen LogP contribution in [0.1, 0.15) is 34.6 Å². The van der Waals surface area contributed by atoms with Gasteiger partial charge in [-0.1, -0.05) is 5.16 Å². The number of quaternary nitrogens is 1. The maximum absolute atomic E-state index is 12.1. The number of hydrogen-bond donors (Lipinski definition) is 1. The maximum Gasteiger partial charge on any atom is 0.186 e. The highest BCUT2D eigenvalue weighted by Gasteiger charge is 2.48. The van der Waals surface area contributed by atoms with Crippen molar-refractivity contribution >= 4 is 11.4 Å². The van der Waals surface area contributed by atoms with Crippen LogP contribution in [-0.4, -0.2) is 29.7 Å². The molecule has 1 aliphatic heterocycles. The SMILES string of the molecule is CON=C(C)C1=NC(C)(C)[NH+]([O-])C1(C)C. The third-order valence-corrected chi connectivity index (χ3v) is 2.68. The van der Waals surface area contributed by atoms with E-state index in [9.17, 15) is 5.21 Å². The van der Waals surface area contributed by atoms with Crippen molar-refractivity contribution in [3.63, 3.8) is 0 Å². The lowest BCUT2D eigenvalue weighted by Gasteiger charge is -2.39. The van der Waals surface area contributed by atoms with Gasteiger partial charge in [-0.3, -0.25) is 0 Å². The van der Waals surface area contributed by atoms with Gasteiger partial charge in [0.05, 0.1) is 0 Å². The molecule has 0 aromatic carbocycles. The second-order valence-corrected chi connectivity index (χ2v) is 4.83. The van der Waals surface area contributed by atoms with Crippen LogP contribution in [0.2, 0.25) is 0 Å². The molecular weight excluding hydrogens is 194 g/mol. The Morgan fingerprint density at radius 3 is 2.27 bits per heavy atom. The average Bonchev–Trinajstić information content (AvgIpc) is 2.27. The minimum atomic E-state index is -0.649. The van der Waals surface area contributed by atoms with E-state index in [-0.39, 0.29) is 5.06 Å². The summed E-state index contributed by atoms with van der Waals surface area (Å²) in [5.41, 5.74) is 0.166. The van der Waals surface area contributed by atoms with Gasteiger partial charge >= 0.3 is 0 Å². The maximum atomic E-state index is 12.1. The van der Waals surface area contributed by atoms with Gasteiger partial charge in [-0.05, 0) is 20.8 Å². The van der Waals surface area contributed by atoms with Crippen molar-refractivity contribution in [2.75, 3.05) is 7.11 Å². The highest BCUT2D eigenvalue weighted by atomic mass is 16.6. The van der Waals surface area contributed by atoms with Gasteiger partial charge in [0.1, 0.15) is 24.1 Å². The predicted octanol–water partition coefficient (Wildman–Crippen LogP) is 0.361. The lowest BCUT2D eigenvalue weighted by Crippen LogP contribution is -3.20. The van der Waals surface area contributed by atoms with Crippen molar-refractivity contribution in [2.24, 2.45) is 10.1 Å². The second kappa shape index (κ2) is 3.57. The van der Waals surface area contributed by atoms with E-state index in [0.717, 1.165) is 5.71 Å². The standard InChI is InChI=1S/C10H19N3O2/c1-7(12-15-6)8-9(2,3)13(14)10(4,5)11-8/h13H,1-6H3. The molecule has 0 aliphatic carbocycles. The zero-order chi connectivity index (χ0) is 11.9. The number of oxime groups is 1. The molecule has 0 amide bonds. The first-order valence-corrected chi connectivity index (χ1v) is 4.97. The molecule has 0 saturated heterocycles. The topological polar surface area (TPSA) is 61.5 Å². The zero-order valence-corrected chi connectivity index (χ0v) is 10.2. The van der Waals surface area contributed by atoms with E-state index < -0.39 is 11.2 Å². The molecule has 1 unspecified atom stereocenters. The van der Waals surface area contributed by atoms with Crippen LogP contribution in [0, 0.1) is 5.21 Å². The Morgan fingerprint density at radius 1 is 1.40 bits per heavy atom. The third kappa shape index (κ3) is 1.89. The van der Waals surface area contributed by atoms with Gasteiger partial charge in [0.25, 0.3) is 0 Å². The van der Waals surface area contributed by atoms with E-state index in [0.29, 0.717) is 5.71 Å². The molecule has 1 aliphatic rings. The van der Waals surface area contributed by atoms with E-state index in [1.807, 2.05) is 27.7 Å². The molecule has 0 fully saturated rings. The predicted molar refractivity (Wildman–Crippen MR) is 60.0 cm³/mol. The van der Waals surface area contributed by atoms with Gasteiger partial charge in [-0.2, -0.15) is 0 Å². The summed E-state index contributed by atoms with van der Waals surface area (Å²) in [6, 6.07) is 0. The van der Waals surface area contributed by atoms with Crippen LogP contribution in [0.15, 0.2) is 10.1 Å². The fourth-order valence-corrected chi connectivity index (χ4v) is 2.06. The molecule has 0 aromatic rings. The first-order chi connectivity index (χ1) is 6.73. The molecule has 5 nitrogen and oxygen atoms in total. The van der Waals surface area contributed by atoms with Gasteiger partial charge in [0.15, 0.2) is 5.66 Å². The minimum absolute atomic E-state index is 0.121. The monoisotopic (exact) mass is 213 g/mol. The average molecular weight is 213 g/mol. The number of hydrogen-bond acceptors (Lipinski definition) is 4. The van der Waals surface area contributed by atoms with Crippen molar-refractivity contribution in [2.45, 2.75) is 45.8 Å². The van der Waals surface area contributed by atoms with Crippen LogP contribution in [-0.2, 0) is 4.84 Å². The van der Waals surface area contributed by atoms with Crippen LogP contribution >= 0.6 is 0 Å². The molecule has 0 spiro atoms. The van der Waals surface area contributed by atoms with Crippen LogP contribution in [0.5, 0.6) is 0 Å². The second-order valence-electron chi connectivity index (χ2n) is 4.83. The highest BCUT2D eigenvalue weighted by Crippen LogP contribution is 2.18. The summed E-state index contributed by atoms with van der Waals surface area (Å²) >= 11 is 0. The Labute approximate surface area is 90.4 Å². The molecule has 5 heteroatoms. The Morgan fingerprint density at radius 2 is 1.93 bits per heavy atom. The summed E-state index contributed by atoms with van der Waals surface area (Å²) in [5.74, 6) is 0. The number of hydroxylamine groups is 2. The molecule has 1 rings (SSSR count). The third-order valence-electron chi connectivity index (χ3n) is 2.68. The lowest BCUT2D eigenvalue weighted by atomic mass is 9.95. The van der Waals surface area contributed by atoms with Crippen LogP contribution in [0.4, 0.5) is 0 Å². The first-order valence-electron chi connectivity index (χ1n) is 4.97. The minimum Gasteiger partial charge on any atom is -0.632 e. The fourth-order valence-electron chi connectivity index (χ4n) is 2.06. The summed E-state index contributed by atoms with van der Waals surface area (Å²) in [7, 11) is 1.49. The molecule has 0 saturated carbocycles. The Kier molecular flexibility index (Phi) is 2.89. The van der Waals surface area contributed by atoms with Gasteiger partial charge < -0.3 is 15.1 Å². The summed E-state index contributed by atoms with van der Waals surface area (Å²) in [6.45, 7) is 9.20. The van der Waals surface area contributed by atoms with E-state index >= 15 is 0 Å². The van der Waals surface area contributed by atoms with Crippen molar-refractivity contribution in [1.29, 1.82) is 0 Å². The fraction of sp³-hybridized carbons (Fsp3) is 0.800. The van der Waals surface area contributed by atoms with Crippen LogP contribution < -0.4 is 5.06 Å². The van der Waals surface area contributed by atoms with Crippen LogP contribution in [0.25, 0.3) is 0 Å². The summed E-state index contributed by atoms with van der Waals surface area (Å²) < 4.78 is 0. The van der Waals surface area contributed by atoms with E-state index in [2.05, 4.69) is 10.1 Å². The molecule has 0 bridgehead atoms. The van der Waals surface area contributed by atoms with Gasteiger partial charge in [0.2, 0.25) is 0 Å². The number of nitrogens with one attached hydrogen (secondary N) is 1. The number of aliphatic imine (C=N–C) groups is 1. The Balaban J connectivity index is 3.14. The zero-order valence-electron chi connectivity index (χ0n) is 10.2. The molecule has 1 N–H and O–H groups in total. The molecule has 86 valence electrons. The summed E-state index contributed by atoms with van der Waals surface area (Å²) in [4.78, 5) is 9.14. The molecule has 0 aromatic heterocycles. The quantitative estimate of drug-likeness (QED) is 0.409. The Bertz CT molecular complexity index is 319. The van der Waals surface area contributed by atoms with E-state index in [1.165, 1.54) is 7.11 Å². The largest absolute Gasteiger partial charge is 0.632 e. The van der Waals surface area contributed by atoms with Gasteiger partial charge in [-0.25, -0.2) is 4.99 Å². The Hall–Kier alpha value is -0.940. The smallest absolute Gasteiger partial charge is 0.186 e. The molecule has 1 heterocycles. The lowest BCUT2D eigenvalue weighted by molar-refractivity contribution is -0.928. The molecule has 15 heavy (non-hydrogen) atoms. The van der Waals surface area contributed by atoms with Crippen molar-refractivity contribution < 1.29 is 9.90 Å². The van der Waals surface area contributed by atoms with Crippen molar-refractivity contribution in [1.82, 2.24) is 0 Å².